The highest BCUT2D eigenvalue weighted by molar-refractivity contribution is 7.30. The average Bonchev–Trinajstić information content (AvgIpc) is 1.82. The summed E-state index contributed by atoms with van der Waals surface area (Å²) in [6.45, 7) is 4.55. The predicted octanol–water partition coefficient (Wildman–Crippen LogP) is 0.0550. The molecule has 1 unspecified atom stereocenters. The van der Waals surface area contributed by atoms with Crippen LogP contribution in [0.1, 0.15) is 6.92 Å². The third-order valence-corrected chi connectivity index (χ3v) is 0.719. The monoisotopic (exact) mass is 164 g/mol. The van der Waals surface area contributed by atoms with E-state index in [4.69, 9.17) is 0 Å². The zero-order valence-electron chi connectivity index (χ0n) is 5.20. The molecule has 56 valence electrons. The standard InChI is InChI=1S/C4H5O5P/c1-3(2)4(5)8-9-10(6)7/h1H2,2H3. The summed E-state index contributed by atoms with van der Waals surface area (Å²) in [5, 5.41) is 0. The van der Waals surface area contributed by atoms with E-state index < -0.39 is 14.2 Å². The number of hydrogen-bond acceptors (Lipinski definition) is 5. The minimum Gasteiger partial charge on any atom is -0.564 e. The van der Waals surface area contributed by atoms with Crippen molar-refractivity contribution in [2.24, 2.45) is 0 Å². The normalized spacial score (nSPS) is 10.4. The molecule has 0 rings (SSSR count). The molecule has 0 aromatic carbocycles. The molecule has 6 heteroatoms. The fraction of sp³-hybridized carbons (Fsp3) is 0.250. The molecule has 0 aliphatic carbocycles. The molecule has 0 N–H and O–H groups in total. The van der Waals surface area contributed by atoms with E-state index in [0.717, 1.165) is 0 Å². The highest BCUT2D eigenvalue weighted by Crippen LogP contribution is 2.09. The van der Waals surface area contributed by atoms with Crippen LogP contribution in [0.4, 0.5) is 0 Å². The second kappa shape index (κ2) is 4.11. The highest BCUT2D eigenvalue weighted by atomic mass is 31.1. The summed E-state index contributed by atoms with van der Waals surface area (Å²) in [6.07, 6.45) is 0. The van der Waals surface area contributed by atoms with E-state index in [2.05, 4.69) is 16.1 Å². The summed E-state index contributed by atoms with van der Waals surface area (Å²) < 4.78 is 13.1. The first-order chi connectivity index (χ1) is 4.54. The van der Waals surface area contributed by atoms with Crippen LogP contribution in [-0.2, 0) is 18.9 Å². The van der Waals surface area contributed by atoms with Gasteiger partial charge in [0.2, 0.25) is 0 Å². The van der Waals surface area contributed by atoms with Gasteiger partial charge in [0.1, 0.15) is 0 Å². The molecule has 1 atom stereocenters. The van der Waals surface area contributed by atoms with Crippen molar-refractivity contribution in [3.8, 4) is 0 Å². The lowest BCUT2D eigenvalue weighted by Gasteiger charge is -1.91. The van der Waals surface area contributed by atoms with E-state index in [0.29, 0.717) is 0 Å². The molecule has 0 fully saturated rings. The van der Waals surface area contributed by atoms with Gasteiger partial charge in [0.15, 0.2) is 0 Å². The van der Waals surface area contributed by atoms with Gasteiger partial charge >= 0.3 is 14.2 Å². The summed E-state index contributed by atoms with van der Waals surface area (Å²) in [5.41, 5.74) is 0.0665. The third kappa shape index (κ3) is 4.14. The fourth-order valence-electron chi connectivity index (χ4n) is 0.135. The summed E-state index contributed by atoms with van der Waals surface area (Å²) in [6, 6.07) is 0. The van der Waals surface area contributed by atoms with Crippen molar-refractivity contribution >= 4 is 14.2 Å². The van der Waals surface area contributed by atoms with Crippen LogP contribution in [0.3, 0.4) is 0 Å². The first kappa shape index (κ1) is 9.23. The molecule has 0 bridgehead atoms. The summed E-state index contributed by atoms with van der Waals surface area (Å²) in [5.74, 6) is -0.904. The van der Waals surface area contributed by atoms with E-state index in [9.17, 15) is 14.3 Å². The van der Waals surface area contributed by atoms with Crippen LogP contribution in [0, 0.1) is 0 Å². The van der Waals surface area contributed by atoms with Gasteiger partial charge in [0, 0.05) is 5.57 Å². The van der Waals surface area contributed by atoms with E-state index in [1.807, 2.05) is 0 Å². The second-order valence-electron chi connectivity index (χ2n) is 1.45. The van der Waals surface area contributed by atoms with E-state index >= 15 is 0 Å². The highest BCUT2D eigenvalue weighted by Gasteiger charge is 2.10. The van der Waals surface area contributed by atoms with Gasteiger partial charge in [-0.25, -0.2) is 9.68 Å². The smallest absolute Gasteiger partial charge is 0.535 e. The first-order valence-corrected chi connectivity index (χ1v) is 3.32. The molecule has 10 heavy (non-hydrogen) atoms. The molecular formula is C4H5O5P. The molecule has 0 heterocycles. The maximum Gasteiger partial charge on any atom is 0.535 e. The Labute approximate surface area is 58.1 Å². The zero-order valence-corrected chi connectivity index (χ0v) is 6.09. The van der Waals surface area contributed by atoms with Crippen molar-refractivity contribution in [1.29, 1.82) is 0 Å². The summed E-state index contributed by atoms with van der Waals surface area (Å²) in [4.78, 5) is 23.7. The molecule has 0 spiro atoms. The van der Waals surface area contributed by atoms with E-state index in [1.165, 1.54) is 6.92 Å². The van der Waals surface area contributed by atoms with Gasteiger partial charge in [-0.2, -0.15) is 0 Å². The van der Waals surface area contributed by atoms with Crippen molar-refractivity contribution in [3.05, 3.63) is 12.2 Å². The lowest BCUT2D eigenvalue weighted by Crippen LogP contribution is -2.04. The maximum atomic E-state index is 10.3. The Kier molecular flexibility index (Phi) is 3.79. The van der Waals surface area contributed by atoms with Crippen LogP contribution in [-0.4, -0.2) is 5.97 Å². The van der Waals surface area contributed by atoms with Crippen molar-refractivity contribution in [1.82, 2.24) is 0 Å². The Hall–Kier alpha value is -0.770. The van der Waals surface area contributed by atoms with Gasteiger partial charge in [-0.15, -0.1) is 0 Å². The quantitative estimate of drug-likeness (QED) is 0.255. The molecule has 0 saturated heterocycles. The molecule has 0 aromatic heterocycles. The van der Waals surface area contributed by atoms with Gasteiger partial charge in [0.05, 0.1) is 4.67 Å². The van der Waals surface area contributed by atoms with Crippen LogP contribution in [0.2, 0.25) is 0 Å². The van der Waals surface area contributed by atoms with Crippen LogP contribution < -0.4 is 4.89 Å². The summed E-state index contributed by atoms with van der Waals surface area (Å²) in [7, 11) is -3.14. The molecule has 0 radical (unpaired) electrons. The van der Waals surface area contributed by atoms with Crippen molar-refractivity contribution in [2.75, 3.05) is 0 Å². The Morgan fingerprint density at radius 1 is 1.70 bits per heavy atom. The van der Waals surface area contributed by atoms with Gasteiger partial charge in [-0.1, -0.05) is 6.58 Å². The lowest BCUT2D eigenvalue weighted by atomic mass is 10.4. The fourth-order valence-corrected chi connectivity index (χ4v) is 0.264. The van der Waals surface area contributed by atoms with Crippen molar-refractivity contribution < 1.29 is 23.8 Å². The predicted molar refractivity (Wildman–Crippen MR) is 29.6 cm³/mol. The zero-order chi connectivity index (χ0) is 8.15. The Morgan fingerprint density at radius 3 is 2.50 bits per heavy atom. The third-order valence-electron chi connectivity index (χ3n) is 0.522. The van der Waals surface area contributed by atoms with Crippen LogP contribution in [0.15, 0.2) is 12.2 Å². The molecule has 0 aliphatic heterocycles. The van der Waals surface area contributed by atoms with Crippen LogP contribution in [0.5, 0.6) is 0 Å². The minimum absolute atomic E-state index is 0.0665. The molecule has 0 saturated carbocycles. The number of carbonyl (C=O) groups is 1. The Bertz CT molecular complexity index is 174. The number of carbonyl (C=O) groups excluding carboxylic acids is 1. The molecule has 0 aliphatic rings. The van der Waals surface area contributed by atoms with Gasteiger partial charge in [0.25, 0.3) is 0 Å². The number of hydrogen-bond donors (Lipinski definition) is 0. The SMILES string of the molecule is C=C(C)C(=O)OO[P+](=O)[O-]. The Balaban J connectivity index is 3.60. The van der Waals surface area contributed by atoms with Gasteiger partial charge < -0.3 is 4.89 Å². The molecule has 0 aromatic rings. The average molecular weight is 164 g/mol. The Morgan fingerprint density at radius 2 is 2.20 bits per heavy atom. The minimum atomic E-state index is -3.14. The van der Waals surface area contributed by atoms with Crippen molar-refractivity contribution in [3.63, 3.8) is 0 Å². The van der Waals surface area contributed by atoms with Crippen LogP contribution >= 0.6 is 8.25 Å². The largest absolute Gasteiger partial charge is 0.564 e. The molecular weight excluding hydrogens is 159 g/mol. The second-order valence-corrected chi connectivity index (χ2v) is 2.05. The summed E-state index contributed by atoms with van der Waals surface area (Å²) >= 11 is 0. The first-order valence-electron chi connectivity index (χ1n) is 2.23. The maximum absolute atomic E-state index is 10.3. The van der Waals surface area contributed by atoms with Gasteiger partial charge in [-0.05, 0) is 11.5 Å². The topological polar surface area (TPSA) is 75.7 Å². The van der Waals surface area contributed by atoms with Gasteiger partial charge in [-0.3, -0.25) is 0 Å². The lowest BCUT2D eigenvalue weighted by molar-refractivity contribution is -0.259. The van der Waals surface area contributed by atoms with Crippen molar-refractivity contribution in [2.45, 2.75) is 6.92 Å². The van der Waals surface area contributed by atoms with E-state index in [-0.39, 0.29) is 5.57 Å². The molecule has 0 amide bonds. The van der Waals surface area contributed by atoms with E-state index in [1.54, 1.807) is 0 Å². The number of rotatable bonds is 3. The molecule has 5 nitrogen and oxygen atoms in total. The van der Waals surface area contributed by atoms with Crippen LogP contribution in [0.25, 0.3) is 0 Å².